The molecule has 3 aromatic rings. The van der Waals surface area contributed by atoms with Gasteiger partial charge in [0, 0.05) is 26.7 Å². The molecular formula is C16H19N5O2. The van der Waals surface area contributed by atoms with E-state index in [4.69, 9.17) is 9.47 Å². The standard InChI is InChI=1S/C16H19N5O2/c1-20(9-11-5-12(22-3)7-13(6-11)23-4)15-14-8-19-21(2)16(14)18-10-17-15/h5-8,10H,9H2,1-4H3. The lowest BCUT2D eigenvalue weighted by molar-refractivity contribution is 0.393. The lowest BCUT2D eigenvalue weighted by Gasteiger charge is -2.19. The fraction of sp³-hybridized carbons (Fsp3) is 0.312. The minimum absolute atomic E-state index is 0.661. The molecule has 0 fully saturated rings. The van der Waals surface area contributed by atoms with Gasteiger partial charge >= 0.3 is 0 Å². The summed E-state index contributed by atoms with van der Waals surface area (Å²) in [4.78, 5) is 10.7. The van der Waals surface area contributed by atoms with E-state index in [0.29, 0.717) is 6.54 Å². The second-order valence-corrected chi connectivity index (χ2v) is 5.28. The van der Waals surface area contributed by atoms with E-state index in [2.05, 4.69) is 20.0 Å². The zero-order chi connectivity index (χ0) is 16.4. The number of methoxy groups -OCH3 is 2. The van der Waals surface area contributed by atoms with E-state index in [-0.39, 0.29) is 0 Å². The monoisotopic (exact) mass is 313 g/mol. The summed E-state index contributed by atoms with van der Waals surface area (Å²) in [5, 5.41) is 5.17. The number of aromatic nitrogens is 4. The topological polar surface area (TPSA) is 65.3 Å². The van der Waals surface area contributed by atoms with Gasteiger partial charge < -0.3 is 14.4 Å². The Bertz CT molecular complexity index is 808. The number of aryl methyl sites for hydroxylation is 1. The van der Waals surface area contributed by atoms with E-state index < -0.39 is 0 Å². The normalized spacial score (nSPS) is 10.8. The molecule has 23 heavy (non-hydrogen) atoms. The molecule has 2 heterocycles. The molecule has 0 spiro atoms. The van der Waals surface area contributed by atoms with Gasteiger partial charge in [-0.25, -0.2) is 9.97 Å². The molecule has 7 heteroatoms. The smallest absolute Gasteiger partial charge is 0.163 e. The van der Waals surface area contributed by atoms with Gasteiger partial charge in [0.1, 0.15) is 23.6 Å². The summed E-state index contributed by atoms with van der Waals surface area (Å²) in [6.45, 7) is 0.661. The molecule has 0 aliphatic carbocycles. The molecule has 0 saturated heterocycles. The van der Waals surface area contributed by atoms with Gasteiger partial charge in [-0.3, -0.25) is 4.68 Å². The Balaban J connectivity index is 1.93. The Hall–Kier alpha value is -2.83. The Morgan fingerprint density at radius 3 is 2.43 bits per heavy atom. The molecule has 7 nitrogen and oxygen atoms in total. The molecule has 120 valence electrons. The number of nitrogens with zero attached hydrogens (tertiary/aromatic N) is 5. The van der Waals surface area contributed by atoms with Crippen LogP contribution in [-0.2, 0) is 13.6 Å². The SMILES string of the molecule is COc1cc(CN(C)c2ncnc3c2cnn3C)cc(OC)c1. The van der Waals surface area contributed by atoms with E-state index in [1.807, 2.05) is 32.3 Å². The van der Waals surface area contributed by atoms with Crippen LogP contribution in [0.4, 0.5) is 5.82 Å². The van der Waals surface area contributed by atoms with Crippen LogP contribution in [-0.4, -0.2) is 41.0 Å². The number of benzene rings is 1. The summed E-state index contributed by atoms with van der Waals surface area (Å²) in [5.41, 5.74) is 1.88. The van der Waals surface area contributed by atoms with E-state index >= 15 is 0 Å². The minimum Gasteiger partial charge on any atom is -0.497 e. The van der Waals surface area contributed by atoms with Crippen LogP contribution in [0.2, 0.25) is 0 Å². The molecule has 0 aliphatic heterocycles. The van der Waals surface area contributed by atoms with Crippen molar-refractivity contribution in [3.05, 3.63) is 36.3 Å². The van der Waals surface area contributed by atoms with Gasteiger partial charge in [-0.1, -0.05) is 0 Å². The quantitative estimate of drug-likeness (QED) is 0.718. The van der Waals surface area contributed by atoms with Crippen LogP contribution in [0.15, 0.2) is 30.7 Å². The number of hydrogen-bond donors (Lipinski definition) is 0. The molecule has 0 atom stereocenters. The lowest BCUT2D eigenvalue weighted by Crippen LogP contribution is -2.18. The van der Waals surface area contributed by atoms with Gasteiger partial charge in [-0.15, -0.1) is 0 Å². The highest BCUT2D eigenvalue weighted by atomic mass is 16.5. The van der Waals surface area contributed by atoms with E-state index in [0.717, 1.165) is 33.9 Å². The Morgan fingerprint density at radius 2 is 1.78 bits per heavy atom. The highest BCUT2D eigenvalue weighted by molar-refractivity contribution is 5.86. The van der Waals surface area contributed by atoms with Crippen molar-refractivity contribution in [3.8, 4) is 11.5 Å². The van der Waals surface area contributed by atoms with Crippen LogP contribution in [0.25, 0.3) is 11.0 Å². The molecule has 1 aromatic carbocycles. The predicted octanol–water partition coefficient (Wildman–Crippen LogP) is 2.02. The second-order valence-electron chi connectivity index (χ2n) is 5.28. The van der Waals surface area contributed by atoms with Crippen LogP contribution in [0.3, 0.4) is 0 Å². The third-order valence-electron chi connectivity index (χ3n) is 3.70. The summed E-state index contributed by atoms with van der Waals surface area (Å²) in [5.74, 6) is 2.37. The van der Waals surface area contributed by atoms with Crippen molar-refractivity contribution >= 4 is 16.9 Å². The fourth-order valence-electron chi connectivity index (χ4n) is 2.56. The van der Waals surface area contributed by atoms with Gasteiger partial charge in [-0.05, 0) is 17.7 Å². The van der Waals surface area contributed by atoms with Gasteiger partial charge in [-0.2, -0.15) is 5.10 Å². The Labute approximate surface area is 134 Å². The second kappa shape index (κ2) is 6.12. The number of anilines is 1. The maximum atomic E-state index is 5.32. The fourth-order valence-corrected chi connectivity index (χ4v) is 2.56. The van der Waals surface area contributed by atoms with Crippen molar-refractivity contribution in [2.24, 2.45) is 7.05 Å². The minimum atomic E-state index is 0.661. The van der Waals surface area contributed by atoms with Crippen LogP contribution in [0, 0.1) is 0 Å². The first-order valence-corrected chi connectivity index (χ1v) is 7.18. The first-order chi connectivity index (χ1) is 11.1. The first-order valence-electron chi connectivity index (χ1n) is 7.18. The lowest BCUT2D eigenvalue weighted by atomic mass is 10.2. The largest absolute Gasteiger partial charge is 0.497 e. The molecule has 0 bridgehead atoms. The van der Waals surface area contributed by atoms with Gasteiger partial charge in [0.25, 0.3) is 0 Å². The first kappa shape index (κ1) is 15.1. The molecule has 0 N–H and O–H groups in total. The van der Waals surface area contributed by atoms with Crippen molar-refractivity contribution in [1.29, 1.82) is 0 Å². The summed E-state index contributed by atoms with van der Waals surface area (Å²) in [7, 11) is 7.14. The van der Waals surface area contributed by atoms with Gasteiger partial charge in [0.15, 0.2) is 5.65 Å². The maximum Gasteiger partial charge on any atom is 0.163 e. The zero-order valence-electron chi connectivity index (χ0n) is 13.6. The van der Waals surface area contributed by atoms with E-state index in [1.54, 1.807) is 31.4 Å². The molecule has 0 unspecified atom stereocenters. The van der Waals surface area contributed by atoms with Crippen molar-refractivity contribution in [2.45, 2.75) is 6.54 Å². The number of fused-ring (bicyclic) bond motifs is 1. The predicted molar refractivity (Wildman–Crippen MR) is 88.0 cm³/mol. The average Bonchev–Trinajstić information content (AvgIpc) is 2.95. The van der Waals surface area contributed by atoms with Crippen molar-refractivity contribution < 1.29 is 9.47 Å². The summed E-state index contributed by atoms with van der Waals surface area (Å²) in [6.07, 6.45) is 3.34. The van der Waals surface area contributed by atoms with Crippen LogP contribution >= 0.6 is 0 Å². The molecule has 2 aromatic heterocycles. The molecule has 0 aliphatic rings. The number of rotatable bonds is 5. The van der Waals surface area contributed by atoms with Gasteiger partial charge in [0.05, 0.1) is 25.8 Å². The molecular weight excluding hydrogens is 294 g/mol. The summed E-state index contributed by atoms with van der Waals surface area (Å²) < 4.78 is 12.4. The van der Waals surface area contributed by atoms with Crippen molar-refractivity contribution in [3.63, 3.8) is 0 Å². The zero-order valence-corrected chi connectivity index (χ0v) is 13.6. The average molecular weight is 313 g/mol. The van der Waals surface area contributed by atoms with E-state index in [1.165, 1.54) is 0 Å². The Kier molecular flexibility index (Phi) is 4.01. The molecule has 0 amide bonds. The third kappa shape index (κ3) is 2.90. The summed E-state index contributed by atoms with van der Waals surface area (Å²) in [6, 6.07) is 5.83. The van der Waals surface area contributed by atoms with E-state index in [9.17, 15) is 0 Å². The summed E-state index contributed by atoms with van der Waals surface area (Å²) >= 11 is 0. The van der Waals surface area contributed by atoms with Crippen molar-refractivity contribution in [2.75, 3.05) is 26.2 Å². The van der Waals surface area contributed by atoms with Crippen LogP contribution in [0.1, 0.15) is 5.56 Å². The highest BCUT2D eigenvalue weighted by Gasteiger charge is 2.13. The molecule has 0 saturated carbocycles. The van der Waals surface area contributed by atoms with Crippen LogP contribution in [0.5, 0.6) is 11.5 Å². The number of ether oxygens (including phenoxy) is 2. The molecule has 0 radical (unpaired) electrons. The van der Waals surface area contributed by atoms with Crippen LogP contribution < -0.4 is 14.4 Å². The molecule has 3 rings (SSSR count). The maximum absolute atomic E-state index is 5.32. The Morgan fingerprint density at radius 1 is 1.09 bits per heavy atom. The van der Waals surface area contributed by atoms with Crippen molar-refractivity contribution in [1.82, 2.24) is 19.7 Å². The number of hydrogen-bond acceptors (Lipinski definition) is 6. The van der Waals surface area contributed by atoms with Gasteiger partial charge in [0.2, 0.25) is 0 Å². The third-order valence-corrected chi connectivity index (χ3v) is 3.70. The highest BCUT2D eigenvalue weighted by Crippen LogP contribution is 2.26.